The molecule has 1 heterocycles. The number of nitrogens with zero attached hydrogens (tertiary/aromatic N) is 2. The van der Waals surface area contributed by atoms with Crippen molar-refractivity contribution < 1.29 is 22.7 Å². The molecule has 1 aliphatic rings. The normalized spacial score (nSPS) is 17.5. The van der Waals surface area contributed by atoms with Crippen molar-refractivity contribution in [2.45, 2.75) is 57.5 Å². The van der Waals surface area contributed by atoms with Crippen molar-refractivity contribution in [1.82, 2.24) is 9.80 Å². The lowest BCUT2D eigenvalue weighted by molar-refractivity contribution is -0.132. The molecule has 1 aliphatic heterocycles. The fourth-order valence-corrected chi connectivity index (χ4v) is 4.72. The van der Waals surface area contributed by atoms with Crippen LogP contribution in [0.25, 0.3) is 0 Å². The summed E-state index contributed by atoms with van der Waals surface area (Å²) in [4.78, 5) is 28.3. The van der Waals surface area contributed by atoms with E-state index in [-0.39, 0.29) is 35.0 Å². The summed E-state index contributed by atoms with van der Waals surface area (Å²) in [6.45, 7) is 9.01. The number of carbonyl (C=O) groups is 2. The van der Waals surface area contributed by atoms with Crippen molar-refractivity contribution in [2.24, 2.45) is 5.92 Å². The van der Waals surface area contributed by atoms with Crippen LogP contribution >= 0.6 is 0 Å². The number of aryl methyl sites for hydroxylation is 1. The van der Waals surface area contributed by atoms with E-state index in [2.05, 4.69) is 0 Å². The van der Waals surface area contributed by atoms with Crippen LogP contribution < -0.4 is 0 Å². The van der Waals surface area contributed by atoms with Crippen LogP contribution in [0.2, 0.25) is 0 Å². The van der Waals surface area contributed by atoms with Gasteiger partial charge in [-0.25, -0.2) is 13.2 Å². The third kappa shape index (κ3) is 7.31. The number of piperidine rings is 1. The van der Waals surface area contributed by atoms with Gasteiger partial charge in [-0.3, -0.25) is 4.79 Å². The minimum absolute atomic E-state index is 0.0369. The Labute approximate surface area is 180 Å². The monoisotopic (exact) mass is 438 g/mol. The highest BCUT2D eigenvalue weighted by molar-refractivity contribution is 7.91. The van der Waals surface area contributed by atoms with Crippen LogP contribution in [-0.4, -0.2) is 68.3 Å². The number of sulfone groups is 1. The number of benzene rings is 1. The second kappa shape index (κ2) is 9.81. The van der Waals surface area contributed by atoms with Gasteiger partial charge in [-0.05, 0) is 58.6 Å². The highest BCUT2D eigenvalue weighted by atomic mass is 32.2. The Kier molecular flexibility index (Phi) is 7.91. The molecule has 1 aromatic carbocycles. The summed E-state index contributed by atoms with van der Waals surface area (Å²) in [5, 5.41) is 0. The van der Waals surface area contributed by atoms with Gasteiger partial charge in [0.2, 0.25) is 5.91 Å². The maximum Gasteiger partial charge on any atom is 0.410 e. The van der Waals surface area contributed by atoms with Gasteiger partial charge in [0.15, 0.2) is 9.84 Å². The molecule has 0 saturated carbocycles. The van der Waals surface area contributed by atoms with Crippen molar-refractivity contribution in [3.63, 3.8) is 0 Å². The molecular weight excluding hydrogens is 404 g/mol. The van der Waals surface area contributed by atoms with Crippen molar-refractivity contribution in [3.05, 3.63) is 29.8 Å². The molecule has 0 radical (unpaired) electrons. The first kappa shape index (κ1) is 24.2. The van der Waals surface area contributed by atoms with Crippen LogP contribution in [0.5, 0.6) is 0 Å². The molecule has 0 spiro atoms. The molecule has 30 heavy (non-hydrogen) atoms. The van der Waals surface area contributed by atoms with Gasteiger partial charge in [0.25, 0.3) is 0 Å². The summed E-state index contributed by atoms with van der Waals surface area (Å²) < 4.78 is 30.4. The molecule has 0 bridgehead atoms. The Morgan fingerprint density at radius 2 is 1.83 bits per heavy atom. The van der Waals surface area contributed by atoms with Crippen molar-refractivity contribution in [2.75, 3.05) is 32.4 Å². The number of amides is 2. The lowest BCUT2D eigenvalue weighted by Crippen LogP contribution is -2.45. The first-order chi connectivity index (χ1) is 13.9. The number of hydrogen-bond donors (Lipinski definition) is 0. The van der Waals surface area contributed by atoms with Gasteiger partial charge in [0, 0.05) is 33.1 Å². The fourth-order valence-electron chi connectivity index (χ4n) is 3.49. The summed E-state index contributed by atoms with van der Waals surface area (Å²) >= 11 is 0. The zero-order valence-electron chi connectivity index (χ0n) is 18.7. The number of carbonyl (C=O) groups excluding carboxylic acids is 2. The lowest BCUT2D eigenvalue weighted by Gasteiger charge is -2.35. The highest BCUT2D eigenvalue weighted by Gasteiger charge is 2.28. The Morgan fingerprint density at radius 3 is 2.43 bits per heavy atom. The summed E-state index contributed by atoms with van der Waals surface area (Å²) in [6, 6.07) is 6.67. The van der Waals surface area contributed by atoms with Crippen molar-refractivity contribution in [1.29, 1.82) is 0 Å². The second-order valence-electron chi connectivity index (χ2n) is 9.09. The second-order valence-corrected chi connectivity index (χ2v) is 11.2. The summed E-state index contributed by atoms with van der Waals surface area (Å²) in [5.41, 5.74) is 0.434. The van der Waals surface area contributed by atoms with E-state index in [0.29, 0.717) is 19.6 Å². The minimum Gasteiger partial charge on any atom is -0.444 e. The van der Waals surface area contributed by atoms with Crippen LogP contribution in [0.4, 0.5) is 4.79 Å². The van der Waals surface area contributed by atoms with Gasteiger partial charge in [0.05, 0.1) is 10.6 Å². The zero-order valence-corrected chi connectivity index (χ0v) is 19.5. The lowest BCUT2D eigenvalue weighted by atomic mass is 9.97. The number of rotatable bonds is 6. The van der Waals surface area contributed by atoms with E-state index in [1.165, 1.54) is 0 Å². The van der Waals surface area contributed by atoms with E-state index >= 15 is 0 Å². The van der Waals surface area contributed by atoms with Crippen LogP contribution in [0, 0.1) is 12.8 Å². The fraction of sp³-hybridized carbons (Fsp3) is 0.636. The zero-order chi connectivity index (χ0) is 22.5. The first-order valence-corrected chi connectivity index (χ1v) is 12.0. The third-order valence-electron chi connectivity index (χ3n) is 5.07. The standard InChI is InChI=1S/C22H34N2O5S/c1-17-8-10-19(11-9-17)30(27,28)14-12-20(25)24-13-6-7-18(16-24)15-23(5)21(26)29-22(2,3)4/h8-11,18H,6-7,12-16H2,1-5H3. The van der Waals surface area contributed by atoms with Gasteiger partial charge in [-0.2, -0.15) is 0 Å². The van der Waals surface area contributed by atoms with Crippen LogP contribution in [0.1, 0.15) is 45.6 Å². The average molecular weight is 439 g/mol. The summed E-state index contributed by atoms with van der Waals surface area (Å²) in [5.74, 6) is -0.210. The predicted octanol–water partition coefficient (Wildman–Crippen LogP) is 3.26. The van der Waals surface area contributed by atoms with E-state index in [9.17, 15) is 18.0 Å². The molecule has 7 nitrogen and oxygen atoms in total. The van der Waals surface area contributed by atoms with E-state index in [1.54, 1.807) is 41.1 Å². The van der Waals surface area contributed by atoms with Crippen molar-refractivity contribution >= 4 is 21.8 Å². The first-order valence-electron chi connectivity index (χ1n) is 10.4. The minimum atomic E-state index is -3.49. The maximum absolute atomic E-state index is 12.6. The van der Waals surface area contributed by atoms with Crippen LogP contribution in [0.3, 0.4) is 0 Å². The van der Waals surface area contributed by atoms with E-state index in [0.717, 1.165) is 18.4 Å². The number of hydrogen-bond acceptors (Lipinski definition) is 5. The summed E-state index contributed by atoms with van der Waals surface area (Å²) in [7, 11) is -1.79. The molecule has 0 aliphatic carbocycles. The Balaban J connectivity index is 1.88. The Bertz CT molecular complexity index is 843. The van der Waals surface area contributed by atoms with Gasteiger partial charge in [-0.1, -0.05) is 17.7 Å². The van der Waals surface area contributed by atoms with Gasteiger partial charge in [0.1, 0.15) is 5.60 Å². The largest absolute Gasteiger partial charge is 0.444 e. The molecule has 1 unspecified atom stereocenters. The molecular formula is C22H34N2O5S. The molecule has 2 rings (SSSR count). The maximum atomic E-state index is 12.6. The molecule has 1 atom stereocenters. The van der Waals surface area contributed by atoms with Crippen LogP contribution in [0.15, 0.2) is 29.2 Å². The van der Waals surface area contributed by atoms with E-state index in [1.807, 2.05) is 27.7 Å². The predicted molar refractivity (Wildman–Crippen MR) is 116 cm³/mol. The SMILES string of the molecule is Cc1ccc(S(=O)(=O)CCC(=O)N2CCCC(CN(C)C(=O)OC(C)(C)C)C2)cc1. The molecule has 0 N–H and O–H groups in total. The number of likely N-dealkylation sites (tertiary alicyclic amines) is 1. The molecule has 2 amide bonds. The molecule has 168 valence electrons. The highest BCUT2D eigenvalue weighted by Crippen LogP contribution is 2.20. The molecule has 1 saturated heterocycles. The van der Waals surface area contributed by atoms with E-state index in [4.69, 9.17) is 4.74 Å². The topological polar surface area (TPSA) is 84.0 Å². The van der Waals surface area contributed by atoms with Gasteiger partial charge < -0.3 is 14.5 Å². The Hall–Kier alpha value is -2.09. The van der Waals surface area contributed by atoms with Crippen molar-refractivity contribution in [3.8, 4) is 0 Å². The molecule has 1 fully saturated rings. The van der Waals surface area contributed by atoms with E-state index < -0.39 is 15.4 Å². The molecule has 1 aromatic rings. The van der Waals surface area contributed by atoms with Gasteiger partial charge in [-0.15, -0.1) is 0 Å². The molecule has 0 aromatic heterocycles. The average Bonchev–Trinajstić information content (AvgIpc) is 2.65. The Morgan fingerprint density at radius 1 is 1.20 bits per heavy atom. The smallest absolute Gasteiger partial charge is 0.410 e. The van der Waals surface area contributed by atoms with Gasteiger partial charge >= 0.3 is 6.09 Å². The van der Waals surface area contributed by atoms with Crippen LogP contribution in [-0.2, 0) is 19.4 Å². The third-order valence-corrected chi connectivity index (χ3v) is 6.81. The quantitative estimate of drug-likeness (QED) is 0.681. The summed E-state index contributed by atoms with van der Waals surface area (Å²) in [6.07, 6.45) is 1.34. The number of ether oxygens (including phenoxy) is 1. The molecule has 8 heteroatoms.